The van der Waals surface area contributed by atoms with Crippen LogP contribution in [0.15, 0.2) is 5.10 Å². The van der Waals surface area contributed by atoms with Gasteiger partial charge in [0.2, 0.25) is 0 Å². The Bertz CT molecular complexity index is 85.0. The zero-order valence-electron chi connectivity index (χ0n) is 3.50. The number of rotatable bonds is 0. The standard InChI is InChI=1S/C3H5AsN2/c1-6-3-4-2-5-6/h2-3H,1H3. The average Bonchev–Trinajstić information content (AvgIpc) is 1.86. The van der Waals surface area contributed by atoms with Gasteiger partial charge in [0.05, 0.1) is 0 Å². The van der Waals surface area contributed by atoms with Crippen LogP contribution in [0.4, 0.5) is 0 Å². The molecule has 0 saturated carbocycles. The fourth-order valence-corrected chi connectivity index (χ4v) is 1.39. The second-order valence-electron chi connectivity index (χ2n) is 1.07. The molecular formula is C3H5AsN2. The minimum atomic E-state index is 0.327. The van der Waals surface area contributed by atoms with E-state index in [2.05, 4.69) is 10.0 Å². The summed E-state index contributed by atoms with van der Waals surface area (Å²) >= 11 is 0.327. The molecule has 1 aliphatic rings. The number of hydrogen-bond donors (Lipinski definition) is 0. The molecule has 0 amide bonds. The van der Waals surface area contributed by atoms with Crippen LogP contribution in [-0.4, -0.2) is 37.3 Å². The van der Waals surface area contributed by atoms with Crippen LogP contribution >= 0.6 is 0 Å². The van der Waals surface area contributed by atoms with Crippen molar-refractivity contribution in [3.05, 3.63) is 0 Å². The van der Waals surface area contributed by atoms with Crippen molar-refractivity contribution in [3.63, 3.8) is 0 Å². The molecule has 0 N–H and O–H groups in total. The van der Waals surface area contributed by atoms with Crippen LogP contribution in [0.3, 0.4) is 0 Å². The summed E-state index contributed by atoms with van der Waals surface area (Å²) in [5, 5.41) is 7.75. The molecule has 1 heterocycles. The van der Waals surface area contributed by atoms with Gasteiger partial charge in [-0.2, -0.15) is 0 Å². The minimum absolute atomic E-state index is 0.327. The Kier molecular flexibility index (Phi) is 1.06. The summed E-state index contributed by atoms with van der Waals surface area (Å²) in [5.74, 6) is 0. The van der Waals surface area contributed by atoms with Crippen molar-refractivity contribution in [2.75, 3.05) is 7.05 Å². The van der Waals surface area contributed by atoms with Crippen LogP contribution in [0, 0.1) is 0 Å². The molecule has 3 heteroatoms. The molecule has 1 aliphatic heterocycles. The van der Waals surface area contributed by atoms with Crippen molar-refractivity contribution >= 4 is 25.2 Å². The van der Waals surface area contributed by atoms with Crippen molar-refractivity contribution < 1.29 is 0 Å². The third kappa shape index (κ3) is 0.688. The summed E-state index contributed by atoms with van der Waals surface area (Å²) in [5.41, 5.74) is 0. The van der Waals surface area contributed by atoms with Gasteiger partial charge >= 0.3 is 42.4 Å². The summed E-state index contributed by atoms with van der Waals surface area (Å²) in [6.45, 7) is 0. The third-order valence-electron chi connectivity index (χ3n) is 0.534. The van der Waals surface area contributed by atoms with E-state index < -0.39 is 0 Å². The van der Waals surface area contributed by atoms with Gasteiger partial charge in [-0.3, -0.25) is 0 Å². The van der Waals surface area contributed by atoms with Gasteiger partial charge in [-0.05, 0) is 0 Å². The van der Waals surface area contributed by atoms with Crippen LogP contribution < -0.4 is 0 Å². The summed E-state index contributed by atoms with van der Waals surface area (Å²) < 4.78 is 0. The van der Waals surface area contributed by atoms with Crippen molar-refractivity contribution in [1.82, 2.24) is 5.01 Å². The van der Waals surface area contributed by atoms with E-state index in [-0.39, 0.29) is 0 Å². The molecule has 0 aromatic heterocycles. The van der Waals surface area contributed by atoms with E-state index in [0.717, 1.165) is 0 Å². The average molecular weight is 144 g/mol. The van der Waals surface area contributed by atoms with Gasteiger partial charge in [-0.25, -0.2) is 0 Å². The molecule has 0 bridgehead atoms. The Morgan fingerprint density at radius 3 is 2.83 bits per heavy atom. The van der Waals surface area contributed by atoms with Crippen molar-refractivity contribution in [1.29, 1.82) is 0 Å². The first-order chi connectivity index (χ1) is 2.89. The quantitative estimate of drug-likeness (QED) is 0.412. The normalized spacial score (nSPS) is 19.8. The Morgan fingerprint density at radius 1 is 1.83 bits per heavy atom. The van der Waals surface area contributed by atoms with Gasteiger partial charge in [0.15, 0.2) is 0 Å². The summed E-state index contributed by atoms with van der Waals surface area (Å²) in [7, 11) is 1.94. The molecule has 1 rings (SSSR count). The molecule has 0 aromatic rings. The van der Waals surface area contributed by atoms with Crippen molar-refractivity contribution in [2.24, 2.45) is 5.10 Å². The molecule has 0 spiro atoms. The zero-order chi connectivity index (χ0) is 4.41. The van der Waals surface area contributed by atoms with E-state index in [1.54, 1.807) is 0 Å². The van der Waals surface area contributed by atoms with E-state index in [1.807, 2.05) is 17.1 Å². The predicted octanol–water partition coefficient (Wildman–Crippen LogP) is -0.661. The molecule has 0 atom stereocenters. The Morgan fingerprint density at radius 2 is 2.67 bits per heavy atom. The first kappa shape index (κ1) is 4.07. The zero-order valence-corrected chi connectivity index (χ0v) is 5.37. The van der Waals surface area contributed by atoms with Crippen LogP contribution in [-0.2, 0) is 0 Å². The van der Waals surface area contributed by atoms with Gasteiger partial charge in [0, 0.05) is 0 Å². The summed E-state index contributed by atoms with van der Waals surface area (Å²) in [6.07, 6.45) is 0. The second kappa shape index (κ2) is 1.56. The molecule has 32 valence electrons. The maximum atomic E-state index is 3.93. The monoisotopic (exact) mass is 144 g/mol. The summed E-state index contributed by atoms with van der Waals surface area (Å²) in [6, 6.07) is 0. The Hall–Kier alpha value is -0.102. The number of nitrogens with zero attached hydrogens (tertiary/aromatic N) is 2. The van der Waals surface area contributed by atoms with Crippen molar-refractivity contribution in [2.45, 2.75) is 0 Å². The second-order valence-corrected chi connectivity index (χ2v) is 2.66. The molecule has 0 unspecified atom stereocenters. The first-order valence-electron chi connectivity index (χ1n) is 1.68. The number of hydrogen-bond acceptors (Lipinski definition) is 2. The Balaban J connectivity index is 2.60. The molecule has 2 nitrogen and oxygen atoms in total. The van der Waals surface area contributed by atoms with Crippen molar-refractivity contribution in [3.8, 4) is 0 Å². The van der Waals surface area contributed by atoms with E-state index in [1.165, 1.54) is 0 Å². The first-order valence-corrected chi connectivity index (χ1v) is 3.85. The van der Waals surface area contributed by atoms with Gasteiger partial charge in [0.25, 0.3) is 0 Å². The molecule has 0 fully saturated rings. The molecule has 0 aromatic carbocycles. The molecular weight excluding hydrogens is 139 g/mol. The fraction of sp³-hybridized carbons (Fsp3) is 0.333. The molecule has 6 heavy (non-hydrogen) atoms. The molecule has 0 radical (unpaired) electrons. The van der Waals surface area contributed by atoms with E-state index in [9.17, 15) is 0 Å². The fourth-order valence-electron chi connectivity index (χ4n) is 0.267. The van der Waals surface area contributed by atoms with Crippen LogP contribution in [0.2, 0.25) is 0 Å². The van der Waals surface area contributed by atoms with E-state index in [4.69, 9.17) is 0 Å². The predicted molar refractivity (Wildman–Crippen MR) is 28.1 cm³/mol. The third-order valence-corrected chi connectivity index (χ3v) is 2.01. The number of hydrazone groups is 1. The topological polar surface area (TPSA) is 15.6 Å². The Labute approximate surface area is 43.1 Å². The summed E-state index contributed by atoms with van der Waals surface area (Å²) in [4.78, 5) is 2.11. The SMILES string of the molecule is CN1C=[As]C=N1. The van der Waals surface area contributed by atoms with E-state index >= 15 is 0 Å². The van der Waals surface area contributed by atoms with Gasteiger partial charge in [0.1, 0.15) is 0 Å². The molecule has 0 saturated heterocycles. The van der Waals surface area contributed by atoms with Crippen LogP contribution in [0.1, 0.15) is 0 Å². The maximum absolute atomic E-state index is 3.93. The molecule has 0 aliphatic carbocycles. The van der Waals surface area contributed by atoms with Gasteiger partial charge in [-0.15, -0.1) is 0 Å². The van der Waals surface area contributed by atoms with E-state index in [0.29, 0.717) is 15.3 Å². The van der Waals surface area contributed by atoms with Crippen LogP contribution in [0.25, 0.3) is 0 Å². The van der Waals surface area contributed by atoms with Crippen LogP contribution in [0.5, 0.6) is 0 Å². The van der Waals surface area contributed by atoms with Gasteiger partial charge in [-0.1, -0.05) is 0 Å². The van der Waals surface area contributed by atoms with Gasteiger partial charge < -0.3 is 0 Å².